The van der Waals surface area contributed by atoms with Gasteiger partial charge in [0.25, 0.3) is 0 Å². The molecule has 1 heterocycles. The normalized spacial score (nSPS) is 10.5. The molecule has 6 heteroatoms. The summed E-state index contributed by atoms with van der Waals surface area (Å²) in [5.41, 5.74) is 1.47. The van der Waals surface area contributed by atoms with Crippen molar-refractivity contribution < 1.29 is 8.42 Å². The van der Waals surface area contributed by atoms with Crippen molar-refractivity contribution in [3.8, 4) is 11.1 Å². The number of aromatic nitrogens is 2. The van der Waals surface area contributed by atoms with Gasteiger partial charge >= 0.3 is 0 Å². The molecule has 0 radical (unpaired) electrons. The first-order valence-electron chi connectivity index (χ1n) is 6.20. The molecule has 2 aromatic carbocycles. The van der Waals surface area contributed by atoms with Crippen molar-refractivity contribution in [2.24, 2.45) is 5.14 Å². The van der Waals surface area contributed by atoms with Gasteiger partial charge in [-0.3, -0.25) is 5.10 Å². The molecule has 0 spiro atoms. The summed E-state index contributed by atoms with van der Waals surface area (Å²) in [4.78, 5) is 0.154. The number of primary sulfonamides is 1. The minimum atomic E-state index is -3.68. The molecule has 108 valence electrons. The Bertz CT molecular complexity index is 752. The highest BCUT2D eigenvalue weighted by Crippen LogP contribution is 2.25. The molecular formula is C15H15N3O2S. The lowest BCUT2D eigenvalue weighted by atomic mass is 10.1. The molecule has 0 aliphatic carbocycles. The number of hydrogen-bond donors (Lipinski definition) is 2. The van der Waals surface area contributed by atoms with Crippen molar-refractivity contribution in [1.82, 2.24) is 10.2 Å². The number of nitrogens with zero attached hydrogens (tertiary/aromatic N) is 1. The summed E-state index contributed by atoms with van der Waals surface area (Å²) in [5.74, 6) is 0. The van der Waals surface area contributed by atoms with Crippen LogP contribution < -0.4 is 5.14 Å². The van der Waals surface area contributed by atoms with Crippen LogP contribution >= 0.6 is 0 Å². The van der Waals surface area contributed by atoms with Crippen LogP contribution in [0.3, 0.4) is 0 Å². The third-order valence-corrected chi connectivity index (χ3v) is 3.65. The molecular weight excluding hydrogens is 286 g/mol. The van der Waals surface area contributed by atoms with Gasteiger partial charge in [-0.25, -0.2) is 13.6 Å². The van der Waals surface area contributed by atoms with E-state index in [4.69, 9.17) is 5.14 Å². The van der Waals surface area contributed by atoms with Crippen LogP contribution in [0, 0.1) is 0 Å². The summed E-state index contributed by atoms with van der Waals surface area (Å²) in [6.45, 7) is 0. The fraction of sp³-hybridized carbons (Fsp3) is 0. The number of H-pyrrole nitrogens is 1. The second-order valence-corrected chi connectivity index (χ2v) is 5.70. The maximum absolute atomic E-state index is 11.4. The number of aromatic amines is 1. The van der Waals surface area contributed by atoms with Crippen molar-refractivity contribution in [2.45, 2.75) is 4.90 Å². The van der Waals surface area contributed by atoms with Gasteiger partial charge in [0, 0.05) is 18.0 Å². The molecule has 0 unspecified atom stereocenters. The highest BCUT2D eigenvalue weighted by molar-refractivity contribution is 7.89. The van der Waals surface area contributed by atoms with Crippen LogP contribution in [0.5, 0.6) is 0 Å². The highest BCUT2D eigenvalue weighted by Gasteiger charge is 2.13. The average molecular weight is 301 g/mol. The lowest BCUT2D eigenvalue weighted by Gasteiger charge is -2.07. The van der Waals surface area contributed by atoms with Crippen LogP contribution in [-0.2, 0) is 10.0 Å². The summed E-state index contributed by atoms with van der Waals surface area (Å²) >= 11 is 0. The van der Waals surface area contributed by atoms with Gasteiger partial charge in [0.05, 0.1) is 4.90 Å². The van der Waals surface area contributed by atoms with E-state index in [1.165, 1.54) is 6.07 Å². The zero-order chi connectivity index (χ0) is 15.1. The molecule has 5 nitrogen and oxygen atoms in total. The monoisotopic (exact) mass is 301 g/mol. The number of nitrogens with two attached hydrogens (primary N) is 1. The lowest BCUT2D eigenvalue weighted by molar-refractivity contribution is 0.598. The fourth-order valence-corrected chi connectivity index (χ4v) is 2.55. The Labute approximate surface area is 123 Å². The molecule has 21 heavy (non-hydrogen) atoms. The van der Waals surface area contributed by atoms with Gasteiger partial charge < -0.3 is 0 Å². The molecule has 0 saturated carbocycles. The zero-order valence-electron chi connectivity index (χ0n) is 11.2. The summed E-state index contributed by atoms with van der Waals surface area (Å²) in [7, 11) is -3.68. The van der Waals surface area contributed by atoms with Crippen molar-refractivity contribution in [3.63, 3.8) is 0 Å². The smallest absolute Gasteiger partial charge is 0.238 e. The summed E-state index contributed by atoms with van der Waals surface area (Å²) in [6.07, 6.45) is 3.46. The molecule has 0 aliphatic heterocycles. The van der Waals surface area contributed by atoms with Crippen LogP contribution in [0.15, 0.2) is 78.0 Å². The van der Waals surface area contributed by atoms with Gasteiger partial charge in [-0.2, -0.15) is 5.10 Å². The topological polar surface area (TPSA) is 88.8 Å². The van der Waals surface area contributed by atoms with E-state index in [0.717, 1.165) is 5.56 Å². The van der Waals surface area contributed by atoms with Crippen LogP contribution in [0.4, 0.5) is 0 Å². The van der Waals surface area contributed by atoms with Crippen LogP contribution in [0.25, 0.3) is 11.1 Å². The Kier molecular flexibility index (Phi) is 4.86. The van der Waals surface area contributed by atoms with Gasteiger partial charge in [0.15, 0.2) is 0 Å². The van der Waals surface area contributed by atoms with E-state index in [1.807, 2.05) is 36.4 Å². The molecule has 1 aromatic heterocycles. The number of benzene rings is 2. The first-order chi connectivity index (χ1) is 10.1. The van der Waals surface area contributed by atoms with E-state index in [2.05, 4.69) is 10.2 Å². The second kappa shape index (κ2) is 6.83. The Morgan fingerprint density at radius 3 is 2.10 bits per heavy atom. The van der Waals surface area contributed by atoms with Gasteiger partial charge in [-0.15, -0.1) is 0 Å². The second-order valence-electron chi connectivity index (χ2n) is 4.17. The molecule has 3 rings (SSSR count). The largest absolute Gasteiger partial charge is 0.286 e. The Morgan fingerprint density at radius 1 is 0.905 bits per heavy atom. The number of hydrogen-bond acceptors (Lipinski definition) is 3. The lowest BCUT2D eigenvalue weighted by Crippen LogP contribution is -2.13. The van der Waals surface area contributed by atoms with Crippen LogP contribution in [-0.4, -0.2) is 18.6 Å². The fourth-order valence-electron chi connectivity index (χ4n) is 1.79. The van der Waals surface area contributed by atoms with E-state index in [9.17, 15) is 8.42 Å². The molecule has 0 saturated heterocycles. The van der Waals surface area contributed by atoms with E-state index in [1.54, 1.807) is 30.6 Å². The van der Waals surface area contributed by atoms with Crippen molar-refractivity contribution >= 4 is 10.0 Å². The summed E-state index contributed by atoms with van der Waals surface area (Å²) in [5, 5.41) is 11.4. The minimum Gasteiger partial charge on any atom is -0.286 e. The highest BCUT2D eigenvalue weighted by atomic mass is 32.2. The molecule has 0 atom stereocenters. The zero-order valence-corrected chi connectivity index (χ0v) is 12.0. The van der Waals surface area contributed by atoms with E-state index >= 15 is 0 Å². The van der Waals surface area contributed by atoms with Gasteiger partial charge in [0.2, 0.25) is 10.0 Å². The summed E-state index contributed by atoms with van der Waals surface area (Å²) < 4.78 is 22.8. The van der Waals surface area contributed by atoms with Crippen molar-refractivity contribution in [1.29, 1.82) is 0 Å². The average Bonchev–Trinajstić information content (AvgIpc) is 3.07. The molecule has 0 fully saturated rings. The van der Waals surface area contributed by atoms with Crippen LogP contribution in [0.1, 0.15) is 0 Å². The predicted octanol–water partition coefficient (Wildman–Crippen LogP) is 2.41. The van der Waals surface area contributed by atoms with Crippen molar-refractivity contribution in [3.05, 3.63) is 73.1 Å². The number of nitrogens with one attached hydrogen (secondary N) is 1. The Balaban J connectivity index is 0.000000272. The SMILES string of the molecule is NS(=O)(=O)c1ccccc1-c1ccccc1.c1cn[nH]c1. The quantitative estimate of drug-likeness (QED) is 0.761. The molecule has 0 bridgehead atoms. The molecule has 0 amide bonds. The standard InChI is InChI=1S/C12H11NO2S.C3H4N2/c13-16(14,15)12-9-5-4-8-11(12)10-6-2-1-3-7-10;1-2-4-5-3-1/h1-9H,(H2,13,14,15);1-3H,(H,4,5). The first kappa shape index (κ1) is 15.0. The predicted molar refractivity (Wildman–Crippen MR) is 81.8 cm³/mol. The van der Waals surface area contributed by atoms with Crippen molar-refractivity contribution in [2.75, 3.05) is 0 Å². The minimum absolute atomic E-state index is 0.154. The van der Waals surface area contributed by atoms with Crippen LogP contribution in [0.2, 0.25) is 0 Å². The third kappa shape index (κ3) is 4.27. The van der Waals surface area contributed by atoms with Gasteiger partial charge in [-0.05, 0) is 17.7 Å². The maximum Gasteiger partial charge on any atom is 0.238 e. The Morgan fingerprint density at radius 2 is 1.57 bits per heavy atom. The van der Waals surface area contributed by atoms with E-state index in [0.29, 0.717) is 5.56 Å². The van der Waals surface area contributed by atoms with E-state index in [-0.39, 0.29) is 4.90 Å². The first-order valence-corrected chi connectivity index (χ1v) is 7.74. The van der Waals surface area contributed by atoms with E-state index < -0.39 is 10.0 Å². The maximum atomic E-state index is 11.4. The Hall–Kier alpha value is -2.44. The third-order valence-electron chi connectivity index (χ3n) is 2.68. The molecule has 3 N–H and O–H groups in total. The summed E-state index contributed by atoms with van der Waals surface area (Å²) in [6, 6.07) is 17.8. The van der Waals surface area contributed by atoms with Gasteiger partial charge in [-0.1, -0.05) is 48.5 Å². The van der Waals surface area contributed by atoms with Gasteiger partial charge in [0.1, 0.15) is 0 Å². The number of rotatable bonds is 2. The number of sulfonamides is 1. The molecule has 0 aliphatic rings. The molecule has 3 aromatic rings.